The fraction of sp³-hybridized carbons (Fsp3) is 0. The van der Waals surface area contributed by atoms with Gasteiger partial charge >= 0.3 is 0 Å². The van der Waals surface area contributed by atoms with Crippen molar-refractivity contribution in [3.05, 3.63) is 182 Å². The Labute approximate surface area is 268 Å². The summed E-state index contributed by atoms with van der Waals surface area (Å²) in [5.74, 6) is 0. The van der Waals surface area contributed by atoms with Gasteiger partial charge in [0.15, 0.2) is 0 Å². The van der Waals surface area contributed by atoms with E-state index in [1.54, 1.807) is 0 Å². The number of benzene rings is 9. The van der Waals surface area contributed by atoms with E-state index < -0.39 is 0 Å². The van der Waals surface area contributed by atoms with Gasteiger partial charge in [0.2, 0.25) is 0 Å². The van der Waals surface area contributed by atoms with Crippen molar-refractivity contribution in [1.82, 2.24) is 0 Å². The number of fused-ring (bicyclic) bond motifs is 4. The van der Waals surface area contributed by atoms with E-state index in [-0.39, 0.29) is 0 Å². The molecule has 0 spiro atoms. The first kappa shape index (κ1) is 26.4. The Balaban J connectivity index is 1.41. The molecule has 0 radical (unpaired) electrons. The van der Waals surface area contributed by atoms with Gasteiger partial charge in [-0.3, -0.25) is 0 Å². The third-order valence-corrected chi connectivity index (χ3v) is 9.45. The van der Waals surface area contributed by atoms with Crippen molar-refractivity contribution in [2.75, 3.05) is 0 Å². The third kappa shape index (κ3) is 4.23. The van der Waals surface area contributed by atoms with E-state index in [4.69, 9.17) is 0 Å². The minimum Gasteiger partial charge on any atom is -0.0622 e. The standard InChI is InChI=1S/C46H30/c1-2-15-32(16-3-1)43-29-33-18-4-5-19-34(33)30-44(43)46-41-26-12-10-24-39(41)45(40-25-11-13-27-42(40)46)38-23-9-8-22-37(38)36-28-14-20-31-17-6-7-21-35(31)36/h1-30H. The van der Waals surface area contributed by atoms with Crippen LogP contribution in [0.5, 0.6) is 0 Å². The van der Waals surface area contributed by atoms with Gasteiger partial charge in [0, 0.05) is 0 Å². The molecule has 0 heterocycles. The van der Waals surface area contributed by atoms with Crippen LogP contribution in [0.25, 0.3) is 87.6 Å². The van der Waals surface area contributed by atoms with Gasteiger partial charge in [0.05, 0.1) is 0 Å². The minimum atomic E-state index is 1.22. The molecule has 9 rings (SSSR count). The lowest BCUT2D eigenvalue weighted by atomic mass is 9.81. The summed E-state index contributed by atoms with van der Waals surface area (Å²) in [5, 5.41) is 10.1. The molecule has 214 valence electrons. The van der Waals surface area contributed by atoms with E-state index in [0.717, 1.165) is 0 Å². The summed E-state index contributed by atoms with van der Waals surface area (Å²) in [7, 11) is 0. The smallest absolute Gasteiger partial charge is 0.00199 e. The van der Waals surface area contributed by atoms with Crippen LogP contribution >= 0.6 is 0 Å². The Hall–Kier alpha value is -5.98. The summed E-state index contributed by atoms with van der Waals surface area (Å²) >= 11 is 0. The Morgan fingerprint density at radius 1 is 0.217 bits per heavy atom. The van der Waals surface area contributed by atoms with Crippen LogP contribution in [0.3, 0.4) is 0 Å². The quantitative estimate of drug-likeness (QED) is 0.181. The van der Waals surface area contributed by atoms with Crippen LogP contribution in [0, 0.1) is 0 Å². The summed E-state index contributed by atoms with van der Waals surface area (Å²) in [6.45, 7) is 0. The molecular weight excluding hydrogens is 553 g/mol. The fourth-order valence-electron chi connectivity index (χ4n) is 7.41. The van der Waals surface area contributed by atoms with Crippen molar-refractivity contribution in [3.63, 3.8) is 0 Å². The van der Waals surface area contributed by atoms with E-state index in [0.29, 0.717) is 0 Å². The topological polar surface area (TPSA) is 0 Å². The molecule has 0 N–H and O–H groups in total. The first-order valence-electron chi connectivity index (χ1n) is 15.9. The SMILES string of the molecule is c1ccc(-c2cc3ccccc3cc2-c2c3ccccc3c(-c3ccccc3-c3cccc4ccccc34)c3ccccc23)cc1. The minimum absolute atomic E-state index is 1.22. The van der Waals surface area contributed by atoms with E-state index in [1.807, 2.05) is 0 Å². The summed E-state index contributed by atoms with van der Waals surface area (Å²) in [6.07, 6.45) is 0. The maximum atomic E-state index is 2.40. The number of hydrogen-bond acceptors (Lipinski definition) is 0. The number of rotatable bonds is 4. The predicted molar refractivity (Wildman–Crippen MR) is 198 cm³/mol. The lowest BCUT2D eigenvalue weighted by molar-refractivity contribution is 1.62. The lowest BCUT2D eigenvalue weighted by Gasteiger charge is -2.22. The van der Waals surface area contributed by atoms with Crippen molar-refractivity contribution in [1.29, 1.82) is 0 Å². The van der Waals surface area contributed by atoms with Gasteiger partial charge in [-0.25, -0.2) is 0 Å². The first-order chi connectivity index (χ1) is 22.8. The molecule has 0 aliphatic heterocycles. The van der Waals surface area contributed by atoms with E-state index in [2.05, 4.69) is 182 Å². The maximum absolute atomic E-state index is 2.40. The van der Waals surface area contributed by atoms with Gasteiger partial charge in [0.25, 0.3) is 0 Å². The molecule has 0 fully saturated rings. The highest BCUT2D eigenvalue weighted by Crippen LogP contribution is 2.48. The monoisotopic (exact) mass is 582 g/mol. The summed E-state index contributed by atoms with van der Waals surface area (Å²) < 4.78 is 0. The molecule has 0 bridgehead atoms. The lowest BCUT2D eigenvalue weighted by Crippen LogP contribution is -1.94. The molecule has 0 heteroatoms. The molecule has 46 heavy (non-hydrogen) atoms. The Morgan fingerprint density at radius 3 is 1.26 bits per heavy atom. The van der Waals surface area contributed by atoms with Crippen LogP contribution in [0.2, 0.25) is 0 Å². The first-order valence-corrected chi connectivity index (χ1v) is 15.9. The van der Waals surface area contributed by atoms with Crippen LogP contribution in [-0.4, -0.2) is 0 Å². The van der Waals surface area contributed by atoms with Crippen molar-refractivity contribution in [2.45, 2.75) is 0 Å². The summed E-state index contributed by atoms with van der Waals surface area (Å²) in [4.78, 5) is 0. The average Bonchev–Trinajstić information content (AvgIpc) is 3.13. The molecule has 9 aromatic rings. The molecule has 0 aliphatic rings. The normalized spacial score (nSPS) is 11.5. The van der Waals surface area contributed by atoms with E-state index >= 15 is 0 Å². The van der Waals surface area contributed by atoms with Crippen LogP contribution in [0.1, 0.15) is 0 Å². The zero-order valence-corrected chi connectivity index (χ0v) is 25.3. The van der Waals surface area contributed by atoms with Gasteiger partial charge in [-0.1, -0.05) is 170 Å². The molecule has 0 amide bonds. The molecule has 0 saturated heterocycles. The van der Waals surface area contributed by atoms with Crippen LogP contribution in [-0.2, 0) is 0 Å². The van der Waals surface area contributed by atoms with Crippen LogP contribution < -0.4 is 0 Å². The van der Waals surface area contributed by atoms with E-state index in [1.165, 1.54) is 87.6 Å². The molecule has 0 aliphatic carbocycles. The Kier molecular flexibility index (Phi) is 6.25. The molecule has 0 unspecified atom stereocenters. The van der Waals surface area contributed by atoms with Crippen molar-refractivity contribution < 1.29 is 0 Å². The Bertz CT molecular complexity index is 2510. The second-order valence-electron chi connectivity index (χ2n) is 12.0. The summed E-state index contributed by atoms with van der Waals surface area (Å²) in [5.41, 5.74) is 10.0. The van der Waals surface area contributed by atoms with Gasteiger partial charge in [-0.2, -0.15) is 0 Å². The highest BCUT2D eigenvalue weighted by atomic mass is 14.2. The van der Waals surface area contributed by atoms with Gasteiger partial charge in [0.1, 0.15) is 0 Å². The molecule has 0 saturated carbocycles. The van der Waals surface area contributed by atoms with Gasteiger partial charge < -0.3 is 0 Å². The molecule has 9 aromatic carbocycles. The summed E-state index contributed by atoms with van der Waals surface area (Å²) in [6, 6.07) is 66.6. The second kappa shape index (κ2) is 10.9. The molecule has 0 nitrogen and oxygen atoms in total. The highest BCUT2D eigenvalue weighted by molar-refractivity contribution is 6.24. The zero-order valence-electron chi connectivity index (χ0n) is 25.3. The van der Waals surface area contributed by atoms with Gasteiger partial charge in [-0.15, -0.1) is 0 Å². The zero-order chi connectivity index (χ0) is 30.5. The molecule has 0 aromatic heterocycles. The molecule has 0 atom stereocenters. The van der Waals surface area contributed by atoms with Gasteiger partial charge in [-0.05, 0) is 99.7 Å². The fourth-order valence-corrected chi connectivity index (χ4v) is 7.41. The van der Waals surface area contributed by atoms with Crippen molar-refractivity contribution >= 4 is 43.1 Å². The average molecular weight is 583 g/mol. The largest absolute Gasteiger partial charge is 0.0622 e. The van der Waals surface area contributed by atoms with Crippen LogP contribution in [0.15, 0.2) is 182 Å². The Morgan fingerprint density at radius 2 is 0.630 bits per heavy atom. The predicted octanol–water partition coefficient (Wildman–Crippen LogP) is 13.0. The third-order valence-electron chi connectivity index (χ3n) is 9.45. The highest BCUT2D eigenvalue weighted by Gasteiger charge is 2.21. The van der Waals surface area contributed by atoms with Crippen LogP contribution in [0.4, 0.5) is 0 Å². The molecular formula is C46H30. The number of hydrogen-bond donors (Lipinski definition) is 0. The van der Waals surface area contributed by atoms with Crippen molar-refractivity contribution in [2.24, 2.45) is 0 Å². The van der Waals surface area contributed by atoms with E-state index in [9.17, 15) is 0 Å². The second-order valence-corrected chi connectivity index (χ2v) is 12.0. The van der Waals surface area contributed by atoms with Crippen molar-refractivity contribution in [3.8, 4) is 44.5 Å². The maximum Gasteiger partial charge on any atom is -0.00199 e.